The molecule has 0 aliphatic rings. The highest BCUT2D eigenvalue weighted by Gasteiger charge is 2.28. The summed E-state index contributed by atoms with van der Waals surface area (Å²) >= 11 is 0. The molecule has 0 saturated heterocycles. The third kappa shape index (κ3) is 3.51. The van der Waals surface area contributed by atoms with E-state index in [4.69, 9.17) is 9.47 Å². The van der Waals surface area contributed by atoms with Gasteiger partial charge in [-0.15, -0.1) is 9.19 Å². The zero-order chi connectivity index (χ0) is 22.2. The number of para-hydroxylation sites is 1. The maximum absolute atomic E-state index is 13.3. The lowest BCUT2D eigenvalue weighted by atomic mass is 10.3. The van der Waals surface area contributed by atoms with Crippen LogP contribution in [-0.2, 0) is 19.9 Å². The van der Waals surface area contributed by atoms with Gasteiger partial charge in [-0.25, -0.2) is 8.42 Å². The van der Waals surface area contributed by atoms with E-state index < -0.39 is 19.9 Å². The Hall–Kier alpha value is -3.44. The molecule has 1 heterocycles. The maximum atomic E-state index is 13.3. The zero-order valence-corrected chi connectivity index (χ0v) is 18.1. The first-order valence-electron chi connectivity index (χ1n) is 8.92. The van der Waals surface area contributed by atoms with Crippen molar-refractivity contribution in [1.29, 1.82) is 0 Å². The monoisotopic (exact) mass is 459 g/mol. The molecule has 0 spiro atoms. The number of hydrogen-bond acceptors (Lipinski definition) is 8. The molecule has 11 heteroatoms. The van der Waals surface area contributed by atoms with Gasteiger partial charge in [-0.2, -0.15) is 8.42 Å². The van der Waals surface area contributed by atoms with Crippen LogP contribution >= 0.6 is 0 Å². The van der Waals surface area contributed by atoms with Crippen LogP contribution in [0.15, 0.2) is 81.4 Å². The molecule has 9 nitrogen and oxygen atoms in total. The van der Waals surface area contributed by atoms with Crippen molar-refractivity contribution in [1.82, 2.24) is 14.4 Å². The number of rotatable bonds is 6. The predicted octanol–water partition coefficient (Wildman–Crippen LogP) is 2.52. The van der Waals surface area contributed by atoms with Crippen molar-refractivity contribution in [3.8, 4) is 11.5 Å². The molecule has 0 atom stereocenters. The van der Waals surface area contributed by atoms with Crippen LogP contribution in [0.3, 0.4) is 0 Å². The molecule has 4 rings (SSSR count). The van der Waals surface area contributed by atoms with Crippen molar-refractivity contribution >= 4 is 30.9 Å². The van der Waals surface area contributed by atoms with Gasteiger partial charge in [-0.1, -0.05) is 11.3 Å². The highest BCUT2D eigenvalue weighted by atomic mass is 32.2. The molecule has 0 aliphatic carbocycles. The molecule has 0 aliphatic heterocycles. The van der Waals surface area contributed by atoms with E-state index in [2.05, 4.69) is 10.3 Å². The van der Waals surface area contributed by atoms with E-state index in [0.717, 1.165) is 0 Å². The Bertz CT molecular complexity index is 1460. The van der Waals surface area contributed by atoms with Gasteiger partial charge in [-0.05, 0) is 60.7 Å². The molecule has 1 aromatic heterocycles. The molecular weight excluding hydrogens is 442 g/mol. The lowest BCUT2D eigenvalue weighted by molar-refractivity contribution is 0.414. The standard InChI is InChI=1S/C20H17N3O6S2/c1-28-14-6-10-16(11-7-14)30(24,25)19-5-3-4-18-20(19)23(22-21-18)31(26,27)17-12-8-15(29-2)9-13-17/h3-13H,1-2H3. The van der Waals surface area contributed by atoms with Crippen LogP contribution in [0.4, 0.5) is 0 Å². The largest absolute Gasteiger partial charge is 0.497 e. The highest BCUT2D eigenvalue weighted by Crippen LogP contribution is 2.30. The van der Waals surface area contributed by atoms with Crippen LogP contribution in [0.2, 0.25) is 0 Å². The van der Waals surface area contributed by atoms with Crippen molar-refractivity contribution in [3.05, 3.63) is 66.7 Å². The number of nitrogens with zero attached hydrogens (tertiary/aromatic N) is 3. The summed E-state index contributed by atoms with van der Waals surface area (Å²) in [6.45, 7) is 0. The molecule has 0 fully saturated rings. The minimum Gasteiger partial charge on any atom is -0.497 e. The average Bonchev–Trinajstić information content (AvgIpc) is 3.24. The second-order valence-electron chi connectivity index (χ2n) is 6.42. The van der Waals surface area contributed by atoms with E-state index in [1.165, 1.54) is 80.9 Å². The molecule has 31 heavy (non-hydrogen) atoms. The molecule has 0 saturated carbocycles. The zero-order valence-electron chi connectivity index (χ0n) is 16.5. The van der Waals surface area contributed by atoms with Gasteiger partial charge in [0.1, 0.15) is 27.4 Å². The van der Waals surface area contributed by atoms with Crippen LogP contribution in [0.1, 0.15) is 0 Å². The Morgan fingerprint density at radius 3 is 1.84 bits per heavy atom. The van der Waals surface area contributed by atoms with Gasteiger partial charge in [0.05, 0.1) is 24.0 Å². The number of hydrogen-bond donors (Lipinski definition) is 0. The molecule has 0 N–H and O–H groups in total. The molecule has 160 valence electrons. The third-order valence-electron chi connectivity index (χ3n) is 4.65. The van der Waals surface area contributed by atoms with E-state index >= 15 is 0 Å². The van der Waals surface area contributed by atoms with E-state index in [9.17, 15) is 16.8 Å². The van der Waals surface area contributed by atoms with E-state index in [1.54, 1.807) is 0 Å². The molecule has 0 radical (unpaired) electrons. The summed E-state index contributed by atoms with van der Waals surface area (Å²) in [4.78, 5) is -0.329. The Balaban J connectivity index is 1.92. The Labute approximate surface area is 178 Å². The number of sulfone groups is 1. The number of fused-ring (bicyclic) bond motifs is 1. The number of benzene rings is 3. The summed E-state index contributed by atoms with van der Waals surface area (Å²) in [6, 6.07) is 15.8. The average molecular weight is 460 g/mol. The first-order chi connectivity index (χ1) is 14.8. The molecule has 0 bridgehead atoms. The maximum Gasteiger partial charge on any atom is 0.284 e. The topological polar surface area (TPSA) is 117 Å². The fraction of sp³-hybridized carbons (Fsp3) is 0.100. The SMILES string of the molecule is COc1ccc(S(=O)(=O)c2cccc3nnn(S(=O)(=O)c4ccc(OC)cc4)c23)cc1. The van der Waals surface area contributed by atoms with E-state index in [1.807, 2.05) is 0 Å². The van der Waals surface area contributed by atoms with Crippen LogP contribution in [0.25, 0.3) is 11.0 Å². The quantitative estimate of drug-likeness (QED) is 0.432. The summed E-state index contributed by atoms with van der Waals surface area (Å²) in [7, 11) is -5.36. The Morgan fingerprint density at radius 1 is 0.742 bits per heavy atom. The van der Waals surface area contributed by atoms with Crippen LogP contribution in [-0.4, -0.2) is 45.5 Å². The van der Waals surface area contributed by atoms with Gasteiger partial charge in [-0.3, -0.25) is 0 Å². The Morgan fingerprint density at radius 2 is 1.29 bits per heavy atom. The fourth-order valence-corrected chi connectivity index (χ4v) is 5.79. The van der Waals surface area contributed by atoms with Gasteiger partial charge in [0.2, 0.25) is 9.84 Å². The van der Waals surface area contributed by atoms with E-state index in [0.29, 0.717) is 15.6 Å². The lowest BCUT2D eigenvalue weighted by Crippen LogP contribution is -2.16. The second-order valence-corrected chi connectivity index (χ2v) is 10.1. The minimum atomic E-state index is -4.22. The lowest BCUT2D eigenvalue weighted by Gasteiger charge is -2.10. The first kappa shape index (κ1) is 20.8. The number of ether oxygens (including phenoxy) is 2. The van der Waals surface area contributed by atoms with Gasteiger partial charge >= 0.3 is 0 Å². The molecule has 0 amide bonds. The summed E-state index contributed by atoms with van der Waals surface area (Å²) in [6.07, 6.45) is 0. The second kappa shape index (κ2) is 7.67. The molecule has 3 aromatic carbocycles. The van der Waals surface area contributed by atoms with Crippen LogP contribution in [0, 0.1) is 0 Å². The van der Waals surface area contributed by atoms with Crippen molar-refractivity contribution in [2.24, 2.45) is 0 Å². The number of aromatic nitrogens is 3. The summed E-state index contributed by atoms with van der Waals surface area (Å²) in [5.74, 6) is 0.969. The summed E-state index contributed by atoms with van der Waals surface area (Å²) in [5.41, 5.74) is 0.000750. The summed E-state index contributed by atoms with van der Waals surface area (Å²) in [5, 5.41) is 7.61. The first-order valence-corrected chi connectivity index (χ1v) is 11.8. The predicted molar refractivity (Wildman–Crippen MR) is 112 cm³/mol. The van der Waals surface area contributed by atoms with Crippen LogP contribution < -0.4 is 9.47 Å². The fourth-order valence-electron chi connectivity index (χ4n) is 3.03. The summed E-state index contributed by atoms with van der Waals surface area (Å²) < 4.78 is 63.8. The third-order valence-corrected chi connectivity index (χ3v) is 8.03. The van der Waals surface area contributed by atoms with Crippen molar-refractivity contribution in [3.63, 3.8) is 0 Å². The van der Waals surface area contributed by atoms with E-state index in [-0.39, 0.29) is 25.7 Å². The van der Waals surface area contributed by atoms with Crippen molar-refractivity contribution in [2.45, 2.75) is 14.7 Å². The molecule has 4 aromatic rings. The highest BCUT2D eigenvalue weighted by molar-refractivity contribution is 7.92. The molecule has 0 unspecified atom stereocenters. The van der Waals surface area contributed by atoms with Gasteiger partial charge in [0.25, 0.3) is 10.0 Å². The smallest absolute Gasteiger partial charge is 0.284 e. The Kier molecular flexibility index (Phi) is 5.15. The number of methoxy groups -OCH3 is 2. The van der Waals surface area contributed by atoms with Crippen molar-refractivity contribution < 1.29 is 26.3 Å². The normalized spacial score (nSPS) is 12.1. The van der Waals surface area contributed by atoms with Crippen LogP contribution in [0.5, 0.6) is 11.5 Å². The molecular formula is C20H17N3O6S2. The van der Waals surface area contributed by atoms with Gasteiger partial charge in [0.15, 0.2) is 0 Å². The van der Waals surface area contributed by atoms with Crippen molar-refractivity contribution in [2.75, 3.05) is 14.2 Å². The van der Waals surface area contributed by atoms with Gasteiger partial charge < -0.3 is 9.47 Å². The minimum absolute atomic E-state index is 0.0182. The van der Waals surface area contributed by atoms with Gasteiger partial charge in [0, 0.05) is 0 Å².